The molecule has 0 amide bonds. The van der Waals surface area contributed by atoms with Gasteiger partial charge >= 0.3 is 0 Å². The van der Waals surface area contributed by atoms with Crippen LogP contribution in [0.4, 0.5) is 0 Å². The van der Waals surface area contributed by atoms with Crippen LogP contribution >= 0.6 is 0 Å². The Labute approximate surface area is 89.9 Å². The minimum atomic E-state index is 0.928. The van der Waals surface area contributed by atoms with Crippen LogP contribution in [0.1, 0.15) is 18.9 Å². The molecule has 2 rings (SSSR count). The average molecular weight is 201 g/mol. The highest BCUT2D eigenvalue weighted by atomic mass is 16.5. The molecule has 0 saturated heterocycles. The lowest BCUT2D eigenvalue weighted by Gasteiger charge is -2.08. The number of ether oxygens (including phenoxy) is 1. The Morgan fingerprint density at radius 2 is 2.20 bits per heavy atom. The Balaban J connectivity index is 2.63. The lowest BCUT2D eigenvalue weighted by Crippen LogP contribution is -1.90. The molecule has 78 valence electrons. The topological polar surface area (TPSA) is 22.1 Å². The molecule has 15 heavy (non-hydrogen) atoms. The zero-order valence-electron chi connectivity index (χ0n) is 9.16. The molecule has 1 heterocycles. The van der Waals surface area contributed by atoms with Crippen molar-refractivity contribution in [3.05, 3.63) is 36.2 Å². The van der Waals surface area contributed by atoms with Crippen LogP contribution in [0.3, 0.4) is 0 Å². The summed E-state index contributed by atoms with van der Waals surface area (Å²) >= 11 is 0. The summed E-state index contributed by atoms with van der Waals surface area (Å²) in [6.07, 6.45) is 5.95. The number of rotatable bonds is 3. The fourth-order valence-electron chi connectivity index (χ4n) is 1.84. The van der Waals surface area contributed by atoms with Gasteiger partial charge in [0.15, 0.2) is 0 Å². The van der Waals surface area contributed by atoms with Crippen molar-refractivity contribution in [2.45, 2.75) is 19.8 Å². The number of methoxy groups -OCH3 is 1. The van der Waals surface area contributed by atoms with E-state index in [0.717, 1.165) is 18.6 Å². The lowest BCUT2D eigenvalue weighted by atomic mass is 10.0. The van der Waals surface area contributed by atoms with Crippen molar-refractivity contribution >= 4 is 10.8 Å². The third-order valence-corrected chi connectivity index (χ3v) is 2.57. The first kappa shape index (κ1) is 9.97. The molecular weight excluding hydrogens is 186 g/mol. The van der Waals surface area contributed by atoms with Crippen molar-refractivity contribution in [3.63, 3.8) is 0 Å². The van der Waals surface area contributed by atoms with Gasteiger partial charge in [0, 0.05) is 17.8 Å². The van der Waals surface area contributed by atoms with E-state index in [0.29, 0.717) is 0 Å². The number of benzene rings is 1. The van der Waals surface area contributed by atoms with Crippen LogP contribution in [0.25, 0.3) is 10.8 Å². The Hall–Kier alpha value is -1.57. The van der Waals surface area contributed by atoms with Gasteiger partial charge in [0.1, 0.15) is 5.75 Å². The first-order valence-corrected chi connectivity index (χ1v) is 5.25. The second-order valence-electron chi connectivity index (χ2n) is 3.63. The largest absolute Gasteiger partial charge is 0.497 e. The molecule has 2 aromatic rings. The van der Waals surface area contributed by atoms with Gasteiger partial charge in [-0.2, -0.15) is 0 Å². The fraction of sp³-hybridized carbons (Fsp3) is 0.308. The molecule has 1 aromatic heterocycles. The number of fused-ring (bicyclic) bond motifs is 1. The second kappa shape index (κ2) is 4.30. The summed E-state index contributed by atoms with van der Waals surface area (Å²) in [5, 5.41) is 2.44. The minimum Gasteiger partial charge on any atom is -0.497 e. The van der Waals surface area contributed by atoms with Crippen molar-refractivity contribution in [3.8, 4) is 5.75 Å². The summed E-state index contributed by atoms with van der Waals surface area (Å²) in [6, 6.07) is 6.18. The van der Waals surface area contributed by atoms with E-state index in [1.807, 2.05) is 18.5 Å². The molecular formula is C13H15NO. The lowest BCUT2D eigenvalue weighted by molar-refractivity contribution is 0.415. The monoisotopic (exact) mass is 201 g/mol. The molecule has 0 N–H and O–H groups in total. The van der Waals surface area contributed by atoms with Gasteiger partial charge in [-0.3, -0.25) is 4.98 Å². The molecule has 0 atom stereocenters. The molecule has 2 nitrogen and oxygen atoms in total. The summed E-state index contributed by atoms with van der Waals surface area (Å²) in [6.45, 7) is 2.18. The maximum Gasteiger partial charge on any atom is 0.119 e. The van der Waals surface area contributed by atoms with Crippen molar-refractivity contribution < 1.29 is 4.74 Å². The number of hydrogen-bond donors (Lipinski definition) is 0. The number of aryl methyl sites for hydroxylation is 1. The van der Waals surface area contributed by atoms with E-state index in [9.17, 15) is 0 Å². The second-order valence-corrected chi connectivity index (χ2v) is 3.63. The Morgan fingerprint density at radius 1 is 1.33 bits per heavy atom. The molecule has 0 radical (unpaired) electrons. The van der Waals surface area contributed by atoms with E-state index < -0.39 is 0 Å². The number of pyridine rings is 1. The number of nitrogens with zero attached hydrogens (tertiary/aromatic N) is 1. The molecule has 0 saturated carbocycles. The Kier molecular flexibility index (Phi) is 2.86. The first-order chi connectivity index (χ1) is 7.35. The van der Waals surface area contributed by atoms with Gasteiger partial charge in [0.2, 0.25) is 0 Å². The smallest absolute Gasteiger partial charge is 0.119 e. The van der Waals surface area contributed by atoms with Gasteiger partial charge in [-0.15, -0.1) is 0 Å². The summed E-state index contributed by atoms with van der Waals surface area (Å²) in [4.78, 5) is 4.17. The maximum absolute atomic E-state index is 5.29. The number of hydrogen-bond acceptors (Lipinski definition) is 2. The molecule has 1 aromatic carbocycles. The third kappa shape index (κ3) is 1.94. The van der Waals surface area contributed by atoms with Crippen LogP contribution in [0.5, 0.6) is 5.75 Å². The quantitative estimate of drug-likeness (QED) is 0.760. The average Bonchev–Trinajstić information content (AvgIpc) is 2.29. The molecule has 0 aliphatic carbocycles. The van der Waals surface area contributed by atoms with E-state index in [1.165, 1.54) is 16.3 Å². The maximum atomic E-state index is 5.29. The third-order valence-electron chi connectivity index (χ3n) is 2.57. The Bertz CT molecular complexity index is 465. The van der Waals surface area contributed by atoms with Gasteiger partial charge in [0.05, 0.1) is 7.11 Å². The fourth-order valence-corrected chi connectivity index (χ4v) is 1.84. The molecule has 0 fully saturated rings. The minimum absolute atomic E-state index is 0.928. The predicted octanol–water partition coefficient (Wildman–Crippen LogP) is 3.20. The van der Waals surface area contributed by atoms with Crippen LogP contribution in [0, 0.1) is 0 Å². The zero-order valence-corrected chi connectivity index (χ0v) is 9.16. The first-order valence-electron chi connectivity index (χ1n) is 5.25. The van der Waals surface area contributed by atoms with E-state index >= 15 is 0 Å². The summed E-state index contributed by atoms with van der Waals surface area (Å²) in [7, 11) is 1.71. The zero-order chi connectivity index (χ0) is 10.7. The molecule has 2 heteroatoms. The van der Waals surface area contributed by atoms with Crippen LogP contribution in [0.15, 0.2) is 30.6 Å². The van der Waals surface area contributed by atoms with Crippen LogP contribution < -0.4 is 4.74 Å². The van der Waals surface area contributed by atoms with Gasteiger partial charge in [-0.1, -0.05) is 13.3 Å². The summed E-state index contributed by atoms with van der Waals surface area (Å²) < 4.78 is 5.29. The number of aromatic nitrogens is 1. The van der Waals surface area contributed by atoms with Crippen LogP contribution in [-0.4, -0.2) is 12.1 Å². The molecule has 0 spiro atoms. The highest BCUT2D eigenvalue weighted by Crippen LogP contribution is 2.25. The van der Waals surface area contributed by atoms with E-state index in [2.05, 4.69) is 24.0 Å². The predicted molar refractivity (Wildman–Crippen MR) is 62.3 cm³/mol. The van der Waals surface area contributed by atoms with Crippen LogP contribution in [0.2, 0.25) is 0 Å². The van der Waals surface area contributed by atoms with Gasteiger partial charge in [0.25, 0.3) is 0 Å². The molecule has 0 aliphatic rings. The molecule has 0 aliphatic heterocycles. The molecule has 0 unspecified atom stereocenters. The van der Waals surface area contributed by atoms with Crippen LogP contribution in [-0.2, 0) is 6.42 Å². The highest BCUT2D eigenvalue weighted by Gasteiger charge is 2.03. The van der Waals surface area contributed by atoms with Gasteiger partial charge in [-0.25, -0.2) is 0 Å². The Morgan fingerprint density at radius 3 is 2.93 bits per heavy atom. The molecule has 0 bridgehead atoms. The van der Waals surface area contributed by atoms with Crippen molar-refractivity contribution in [2.75, 3.05) is 7.11 Å². The SMILES string of the molecule is CCCc1cc(OC)cc2ccncc12. The van der Waals surface area contributed by atoms with E-state index in [4.69, 9.17) is 4.74 Å². The van der Waals surface area contributed by atoms with E-state index in [-0.39, 0.29) is 0 Å². The summed E-state index contributed by atoms with van der Waals surface area (Å²) in [5.74, 6) is 0.928. The normalized spacial score (nSPS) is 10.5. The standard InChI is InChI=1S/C13H15NO/c1-3-4-10-7-12(15-2)8-11-5-6-14-9-13(10)11/h5-9H,3-4H2,1-2H3. The van der Waals surface area contributed by atoms with E-state index in [1.54, 1.807) is 7.11 Å². The summed E-state index contributed by atoms with van der Waals surface area (Å²) in [5.41, 5.74) is 1.32. The van der Waals surface area contributed by atoms with Crippen molar-refractivity contribution in [1.82, 2.24) is 4.98 Å². The van der Waals surface area contributed by atoms with Gasteiger partial charge in [-0.05, 0) is 35.6 Å². The van der Waals surface area contributed by atoms with Gasteiger partial charge < -0.3 is 4.74 Å². The van der Waals surface area contributed by atoms with Crippen molar-refractivity contribution in [1.29, 1.82) is 0 Å². The van der Waals surface area contributed by atoms with Crippen molar-refractivity contribution in [2.24, 2.45) is 0 Å². The highest BCUT2D eigenvalue weighted by molar-refractivity contribution is 5.86.